The zero-order valence-electron chi connectivity index (χ0n) is 8.86. The predicted molar refractivity (Wildman–Crippen MR) is 63.7 cm³/mol. The third-order valence-corrected chi connectivity index (χ3v) is 3.22. The van der Waals surface area contributed by atoms with E-state index in [1.807, 2.05) is 0 Å². The van der Waals surface area contributed by atoms with Crippen LogP contribution in [0.4, 0.5) is 0 Å². The van der Waals surface area contributed by atoms with Gasteiger partial charge in [0.1, 0.15) is 5.01 Å². The Bertz CT molecular complexity index is 431. The topological polar surface area (TPSA) is 40.5 Å². The van der Waals surface area contributed by atoms with Crippen LogP contribution in [0.15, 0.2) is 29.6 Å². The van der Waals surface area contributed by atoms with Gasteiger partial charge in [-0.25, -0.2) is 4.98 Å². The lowest BCUT2D eigenvalue weighted by molar-refractivity contribution is -0.366. The molecule has 2 rings (SSSR count). The molecule has 0 spiro atoms. The Kier molecular flexibility index (Phi) is 3.14. The summed E-state index contributed by atoms with van der Waals surface area (Å²) in [5, 5.41) is 3.24. The fourth-order valence-electron chi connectivity index (χ4n) is 1.43. The van der Waals surface area contributed by atoms with E-state index in [4.69, 9.17) is 0 Å². The molecule has 0 amide bonds. The van der Waals surface area contributed by atoms with E-state index in [0.717, 1.165) is 23.7 Å². The minimum absolute atomic E-state index is 0.914. The number of quaternary nitrogens is 1. The number of hydrogen-bond acceptors (Lipinski definition) is 2. The summed E-state index contributed by atoms with van der Waals surface area (Å²) >= 11 is 1.71. The third kappa shape index (κ3) is 2.43. The Morgan fingerprint density at radius 2 is 2.00 bits per heavy atom. The highest BCUT2D eigenvalue weighted by Crippen LogP contribution is 2.23. The van der Waals surface area contributed by atoms with Crippen LogP contribution in [0.25, 0.3) is 10.6 Å². The van der Waals surface area contributed by atoms with Crippen molar-refractivity contribution in [2.45, 2.75) is 13.3 Å². The fourth-order valence-corrected chi connectivity index (χ4v) is 2.29. The molecular formula is C12H15N2S+. The van der Waals surface area contributed by atoms with E-state index in [-0.39, 0.29) is 0 Å². The molecule has 0 radical (unpaired) electrons. The molecule has 0 saturated heterocycles. The molecule has 0 atom stereocenters. The van der Waals surface area contributed by atoms with Crippen LogP contribution in [0.3, 0.4) is 0 Å². The Morgan fingerprint density at radius 3 is 2.67 bits per heavy atom. The summed E-state index contributed by atoms with van der Waals surface area (Å²) in [5.41, 5.74) is 7.49. The molecule has 0 aliphatic rings. The zero-order valence-corrected chi connectivity index (χ0v) is 9.68. The second-order valence-electron chi connectivity index (χ2n) is 3.61. The number of rotatable bonds is 3. The van der Waals surface area contributed by atoms with Crippen molar-refractivity contribution in [2.24, 2.45) is 0 Å². The Labute approximate surface area is 93.8 Å². The van der Waals surface area contributed by atoms with Crippen LogP contribution in [0.2, 0.25) is 0 Å². The number of nitrogens with zero attached hydrogens (tertiary/aromatic N) is 1. The second kappa shape index (κ2) is 4.55. The van der Waals surface area contributed by atoms with Crippen molar-refractivity contribution in [3.05, 3.63) is 40.9 Å². The lowest BCUT2D eigenvalue weighted by atomic mass is 10.2. The summed E-state index contributed by atoms with van der Waals surface area (Å²) < 4.78 is 0. The molecule has 0 aliphatic heterocycles. The van der Waals surface area contributed by atoms with E-state index in [1.54, 1.807) is 11.3 Å². The van der Waals surface area contributed by atoms with Crippen LogP contribution >= 0.6 is 11.3 Å². The maximum atomic E-state index is 4.58. The summed E-state index contributed by atoms with van der Waals surface area (Å²) in [6.07, 6.45) is 0.975. The van der Waals surface area contributed by atoms with Crippen LogP contribution < -0.4 is 5.73 Å². The van der Waals surface area contributed by atoms with Gasteiger partial charge in [-0.05, 0) is 6.92 Å². The molecule has 0 fully saturated rings. The molecule has 2 nitrogen and oxygen atoms in total. The smallest absolute Gasteiger partial charge is 0.123 e. The molecule has 2 aromatic rings. The van der Waals surface area contributed by atoms with Gasteiger partial charge in [0.2, 0.25) is 0 Å². The van der Waals surface area contributed by atoms with Crippen molar-refractivity contribution in [3.63, 3.8) is 0 Å². The fraction of sp³-hybridized carbons (Fsp3) is 0.250. The Hall–Kier alpha value is -1.19. The van der Waals surface area contributed by atoms with Crippen molar-refractivity contribution < 1.29 is 5.73 Å². The molecule has 15 heavy (non-hydrogen) atoms. The van der Waals surface area contributed by atoms with Gasteiger partial charge < -0.3 is 5.73 Å². The number of aryl methyl sites for hydroxylation is 1. The van der Waals surface area contributed by atoms with Crippen LogP contribution in [-0.2, 0) is 6.42 Å². The first-order chi connectivity index (χ1) is 7.29. The second-order valence-corrected chi connectivity index (χ2v) is 4.47. The molecule has 0 saturated carbocycles. The van der Waals surface area contributed by atoms with Gasteiger partial charge in [0.05, 0.1) is 12.2 Å². The lowest BCUT2D eigenvalue weighted by Gasteiger charge is -1.96. The van der Waals surface area contributed by atoms with Gasteiger partial charge in [0.25, 0.3) is 0 Å². The van der Waals surface area contributed by atoms with E-state index < -0.39 is 0 Å². The van der Waals surface area contributed by atoms with Gasteiger partial charge in [-0.3, -0.25) is 0 Å². The highest BCUT2D eigenvalue weighted by molar-refractivity contribution is 7.13. The van der Waals surface area contributed by atoms with E-state index in [2.05, 4.69) is 47.3 Å². The number of hydrogen-bond donors (Lipinski definition) is 1. The summed E-state index contributed by atoms with van der Waals surface area (Å²) in [7, 11) is 0. The van der Waals surface area contributed by atoms with E-state index in [0.29, 0.717) is 0 Å². The Morgan fingerprint density at radius 1 is 1.27 bits per heavy atom. The van der Waals surface area contributed by atoms with Crippen molar-refractivity contribution in [2.75, 3.05) is 6.54 Å². The molecule has 3 heteroatoms. The van der Waals surface area contributed by atoms with E-state index in [9.17, 15) is 0 Å². The van der Waals surface area contributed by atoms with Gasteiger partial charge in [-0.15, -0.1) is 11.3 Å². The first kappa shape index (κ1) is 10.3. The summed E-state index contributed by atoms with van der Waals surface area (Å²) in [6, 6.07) is 8.50. The minimum atomic E-state index is 0.914. The maximum absolute atomic E-state index is 4.58. The summed E-state index contributed by atoms with van der Waals surface area (Å²) in [6.45, 7) is 3.01. The van der Waals surface area contributed by atoms with Gasteiger partial charge in [-0.1, -0.05) is 29.8 Å². The number of aromatic nitrogens is 1. The normalized spacial score (nSPS) is 10.5. The molecular weight excluding hydrogens is 204 g/mol. The average molecular weight is 219 g/mol. The van der Waals surface area contributed by atoms with Crippen molar-refractivity contribution in [3.8, 4) is 10.6 Å². The number of benzene rings is 1. The molecule has 1 aromatic heterocycles. The van der Waals surface area contributed by atoms with Crippen molar-refractivity contribution >= 4 is 11.3 Å². The van der Waals surface area contributed by atoms with Crippen molar-refractivity contribution in [1.29, 1.82) is 0 Å². The summed E-state index contributed by atoms with van der Waals surface area (Å²) in [4.78, 5) is 4.58. The van der Waals surface area contributed by atoms with Gasteiger partial charge in [0.15, 0.2) is 0 Å². The lowest BCUT2D eigenvalue weighted by Crippen LogP contribution is -2.51. The van der Waals surface area contributed by atoms with E-state index in [1.165, 1.54) is 11.1 Å². The third-order valence-electron chi connectivity index (χ3n) is 2.28. The average Bonchev–Trinajstić information content (AvgIpc) is 2.68. The number of thiazole rings is 1. The standard InChI is InChI=1S/C12H14N2S/c1-9-2-4-10(5-3-9)12-14-11(6-7-13)8-15-12/h2-5,8H,6-7,13H2,1H3/p+1. The molecule has 0 unspecified atom stereocenters. The largest absolute Gasteiger partial charge is 0.357 e. The minimum Gasteiger partial charge on any atom is -0.357 e. The van der Waals surface area contributed by atoms with Crippen molar-refractivity contribution in [1.82, 2.24) is 4.98 Å². The molecule has 1 heterocycles. The van der Waals surface area contributed by atoms with Gasteiger partial charge in [0, 0.05) is 17.4 Å². The van der Waals surface area contributed by atoms with Crippen LogP contribution in [0, 0.1) is 6.92 Å². The maximum Gasteiger partial charge on any atom is 0.123 e. The molecule has 0 bridgehead atoms. The van der Waals surface area contributed by atoms with Gasteiger partial charge >= 0.3 is 0 Å². The highest BCUT2D eigenvalue weighted by atomic mass is 32.1. The van der Waals surface area contributed by atoms with Gasteiger partial charge in [-0.2, -0.15) is 0 Å². The van der Waals surface area contributed by atoms with Crippen LogP contribution in [0.1, 0.15) is 11.3 Å². The SMILES string of the molecule is Cc1ccc(-c2nc(CC[NH3+])cs2)cc1. The van der Waals surface area contributed by atoms with Crippen LogP contribution in [-0.4, -0.2) is 11.5 Å². The zero-order chi connectivity index (χ0) is 10.7. The van der Waals surface area contributed by atoms with E-state index >= 15 is 0 Å². The Balaban J connectivity index is 2.25. The molecule has 78 valence electrons. The monoisotopic (exact) mass is 219 g/mol. The van der Waals surface area contributed by atoms with Crippen LogP contribution in [0.5, 0.6) is 0 Å². The highest BCUT2D eigenvalue weighted by Gasteiger charge is 2.03. The molecule has 0 aliphatic carbocycles. The molecule has 3 N–H and O–H groups in total. The summed E-state index contributed by atoms with van der Waals surface area (Å²) in [5.74, 6) is 0. The first-order valence-corrected chi connectivity index (χ1v) is 5.98. The predicted octanol–water partition coefficient (Wildman–Crippen LogP) is 1.90. The quantitative estimate of drug-likeness (QED) is 0.841. The first-order valence-electron chi connectivity index (χ1n) is 5.10. The molecule has 1 aromatic carbocycles.